The minimum atomic E-state index is -4.43. The third-order valence-electron chi connectivity index (χ3n) is 9.72. The summed E-state index contributed by atoms with van der Waals surface area (Å²) in [6.45, 7) is 5.25. The van der Waals surface area contributed by atoms with Crippen molar-refractivity contribution in [1.29, 1.82) is 0 Å². The van der Waals surface area contributed by atoms with Crippen molar-refractivity contribution >= 4 is 7.82 Å². The number of unbranched alkanes of at least 4 members (excludes halogenated alkanes) is 28. The molecule has 0 heterocycles. The summed E-state index contributed by atoms with van der Waals surface area (Å²) in [5.41, 5.74) is 0. The Balaban J connectivity index is 4.18. The molecule has 0 aromatic carbocycles. The fraction of sp³-hybridized carbons (Fsp3) is 0.909. The zero-order chi connectivity index (χ0) is 38.3. The average Bonchev–Trinajstić information content (AvgIpc) is 3.10. The smallest absolute Gasteiger partial charge is 0.268 e. The highest BCUT2D eigenvalue weighted by molar-refractivity contribution is 7.45. The van der Waals surface area contributed by atoms with E-state index in [1.165, 1.54) is 167 Å². The number of phosphoric ester groups is 1. The molecule has 0 aromatic rings. The molecule has 0 rings (SSSR count). The van der Waals surface area contributed by atoms with Crippen molar-refractivity contribution in [3.63, 3.8) is 0 Å². The Morgan fingerprint density at radius 1 is 0.519 bits per heavy atom. The van der Waals surface area contributed by atoms with Crippen LogP contribution in [0.2, 0.25) is 0 Å². The average molecular weight is 758 g/mol. The number of rotatable bonds is 42. The summed E-state index contributed by atoms with van der Waals surface area (Å²) >= 11 is 0. The Kier molecular flexibility index (Phi) is 37.8. The van der Waals surface area contributed by atoms with E-state index >= 15 is 0 Å². The van der Waals surface area contributed by atoms with Gasteiger partial charge in [0.25, 0.3) is 7.82 Å². The first-order valence-corrected chi connectivity index (χ1v) is 23.6. The molecule has 7 nitrogen and oxygen atoms in total. The van der Waals surface area contributed by atoms with Crippen LogP contribution in [-0.2, 0) is 23.1 Å². The number of nitrogens with zero attached hydrogens (tertiary/aromatic N) is 1. The molecule has 0 aliphatic rings. The molecule has 0 bridgehead atoms. The number of quaternary nitrogens is 1. The number of allylic oxidation sites excluding steroid dienone is 2. The second-order valence-corrected chi connectivity index (χ2v) is 17.6. The minimum absolute atomic E-state index is 0.0768. The molecule has 8 heteroatoms. The van der Waals surface area contributed by atoms with Crippen LogP contribution in [0.4, 0.5) is 0 Å². The van der Waals surface area contributed by atoms with Gasteiger partial charge in [-0.15, -0.1) is 0 Å². The van der Waals surface area contributed by atoms with Crippen molar-refractivity contribution in [3.8, 4) is 0 Å². The third kappa shape index (κ3) is 41.9. The van der Waals surface area contributed by atoms with Gasteiger partial charge in [-0.2, -0.15) is 0 Å². The Morgan fingerprint density at radius 3 is 1.27 bits per heavy atom. The quantitative estimate of drug-likeness (QED) is 0.0267. The van der Waals surface area contributed by atoms with Crippen LogP contribution in [0.1, 0.15) is 206 Å². The van der Waals surface area contributed by atoms with E-state index in [0.717, 1.165) is 25.7 Å². The summed E-state index contributed by atoms with van der Waals surface area (Å²) in [6, 6.07) is 0. The summed E-state index contributed by atoms with van der Waals surface area (Å²) in [5, 5.41) is 0. The lowest BCUT2D eigenvalue weighted by atomic mass is 10.0. The summed E-state index contributed by atoms with van der Waals surface area (Å²) in [7, 11) is 1.53. The number of hydrogen-bond donors (Lipinski definition) is 0. The first-order valence-electron chi connectivity index (χ1n) is 22.2. The van der Waals surface area contributed by atoms with E-state index in [0.29, 0.717) is 11.0 Å². The lowest BCUT2D eigenvalue weighted by Gasteiger charge is -2.28. The molecule has 0 saturated heterocycles. The highest BCUT2D eigenvalue weighted by Gasteiger charge is 2.17. The Morgan fingerprint density at radius 2 is 0.885 bits per heavy atom. The Hall–Kier alpha value is -0.850. The van der Waals surface area contributed by atoms with Crippen LogP contribution in [0.15, 0.2) is 24.7 Å². The van der Waals surface area contributed by atoms with Crippen LogP contribution >= 0.6 is 7.82 Å². The molecular formula is C44H88NO6P. The van der Waals surface area contributed by atoms with E-state index in [1.54, 1.807) is 12.5 Å². The molecule has 0 aliphatic carbocycles. The molecule has 0 aromatic heterocycles. The van der Waals surface area contributed by atoms with Gasteiger partial charge in [0.1, 0.15) is 19.8 Å². The number of likely N-dealkylation sites (N-methyl/N-ethyl adjacent to an activating group) is 1. The van der Waals surface area contributed by atoms with Crippen molar-refractivity contribution in [2.75, 3.05) is 47.5 Å². The Bertz CT molecular complexity index is 830. The molecular weight excluding hydrogens is 669 g/mol. The fourth-order valence-electron chi connectivity index (χ4n) is 6.21. The van der Waals surface area contributed by atoms with Gasteiger partial charge < -0.3 is 27.9 Å². The second-order valence-electron chi connectivity index (χ2n) is 16.2. The second kappa shape index (κ2) is 38.4. The maximum Gasteiger partial charge on any atom is 0.268 e. The standard InChI is InChI=1S/C44H88NO6P/c1-6-8-10-12-14-16-18-20-22-24-26-28-30-32-34-36-39-48-42-44(43-51-52(46,47)50-41-38-45(3,4)5)49-40-37-35-33-31-29-27-25-23-21-19-17-15-13-11-9-7-2/h36-37,39-40,44H,6-35,38,41-43H2,1-5H3/t44-/m1/s1. The normalized spacial score (nSPS) is 14.0. The molecule has 310 valence electrons. The van der Waals surface area contributed by atoms with Gasteiger partial charge in [-0.1, -0.05) is 181 Å². The Labute approximate surface area is 324 Å². The van der Waals surface area contributed by atoms with E-state index in [4.69, 9.17) is 18.5 Å². The van der Waals surface area contributed by atoms with Gasteiger partial charge in [0, 0.05) is 0 Å². The monoisotopic (exact) mass is 758 g/mol. The summed E-state index contributed by atoms with van der Waals surface area (Å²) in [4.78, 5) is 12.3. The SMILES string of the molecule is CCCCCCCCCCCCCCCCC=COC[C@H](COP(=O)([O-])OCC[N+](C)(C)C)OC=CCCCCCCCCCCCCCCCC. The van der Waals surface area contributed by atoms with Gasteiger partial charge in [-0.05, 0) is 37.8 Å². The van der Waals surface area contributed by atoms with Crippen molar-refractivity contribution in [3.05, 3.63) is 24.7 Å². The van der Waals surface area contributed by atoms with Crippen LogP contribution in [-0.4, -0.2) is 58.1 Å². The van der Waals surface area contributed by atoms with Crippen LogP contribution in [0, 0.1) is 0 Å². The summed E-state index contributed by atoms with van der Waals surface area (Å²) in [5.74, 6) is 0. The van der Waals surface area contributed by atoms with E-state index in [-0.39, 0.29) is 19.8 Å². The zero-order valence-corrected chi connectivity index (χ0v) is 36.2. The highest BCUT2D eigenvalue weighted by Crippen LogP contribution is 2.38. The molecule has 0 radical (unpaired) electrons. The maximum atomic E-state index is 12.3. The van der Waals surface area contributed by atoms with Gasteiger partial charge in [0.05, 0.1) is 40.3 Å². The predicted molar refractivity (Wildman–Crippen MR) is 221 cm³/mol. The van der Waals surface area contributed by atoms with E-state index in [2.05, 4.69) is 19.9 Å². The molecule has 1 unspecified atom stereocenters. The zero-order valence-electron chi connectivity index (χ0n) is 35.3. The fourth-order valence-corrected chi connectivity index (χ4v) is 6.94. The van der Waals surface area contributed by atoms with Gasteiger partial charge in [0.15, 0.2) is 6.10 Å². The van der Waals surface area contributed by atoms with Crippen LogP contribution in [0.5, 0.6) is 0 Å². The van der Waals surface area contributed by atoms with Crippen LogP contribution < -0.4 is 4.89 Å². The molecule has 0 amide bonds. The molecule has 2 atom stereocenters. The third-order valence-corrected chi connectivity index (χ3v) is 10.7. The summed E-state index contributed by atoms with van der Waals surface area (Å²) in [6.07, 6.45) is 46.7. The lowest BCUT2D eigenvalue weighted by molar-refractivity contribution is -0.870. The molecule has 52 heavy (non-hydrogen) atoms. The van der Waals surface area contributed by atoms with Crippen molar-refractivity contribution < 1.29 is 32.5 Å². The minimum Gasteiger partial charge on any atom is -0.756 e. The van der Waals surface area contributed by atoms with Crippen LogP contribution in [0.3, 0.4) is 0 Å². The van der Waals surface area contributed by atoms with Gasteiger partial charge in [-0.3, -0.25) is 4.57 Å². The maximum absolute atomic E-state index is 12.3. The van der Waals surface area contributed by atoms with Crippen molar-refractivity contribution in [2.24, 2.45) is 0 Å². The predicted octanol–water partition coefficient (Wildman–Crippen LogP) is 13.4. The number of ether oxygens (including phenoxy) is 2. The lowest BCUT2D eigenvalue weighted by Crippen LogP contribution is -2.37. The van der Waals surface area contributed by atoms with Crippen molar-refractivity contribution in [1.82, 2.24) is 0 Å². The van der Waals surface area contributed by atoms with Gasteiger partial charge in [-0.25, -0.2) is 0 Å². The molecule has 0 spiro atoms. The molecule has 0 aliphatic heterocycles. The largest absolute Gasteiger partial charge is 0.756 e. The van der Waals surface area contributed by atoms with Gasteiger partial charge in [0.2, 0.25) is 0 Å². The number of hydrogen-bond acceptors (Lipinski definition) is 6. The van der Waals surface area contributed by atoms with Gasteiger partial charge >= 0.3 is 0 Å². The van der Waals surface area contributed by atoms with E-state index in [9.17, 15) is 9.46 Å². The van der Waals surface area contributed by atoms with E-state index in [1.807, 2.05) is 27.2 Å². The topological polar surface area (TPSA) is 77.1 Å². The number of phosphoric acid groups is 1. The highest BCUT2D eigenvalue weighted by atomic mass is 31.2. The first kappa shape index (κ1) is 51.1. The van der Waals surface area contributed by atoms with Crippen LogP contribution in [0.25, 0.3) is 0 Å². The van der Waals surface area contributed by atoms with E-state index < -0.39 is 13.9 Å². The summed E-state index contributed by atoms with van der Waals surface area (Å²) < 4.78 is 34.8. The molecule has 0 fully saturated rings. The molecule has 0 N–H and O–H groups in total. The van der Waals surface area contributed by atoms with Crippen molar-refractivity contribution in [2.45, 2.75) is 213 Å². The first-order chi connectivity index (χ1) is 25.2. The molecule has 0 saturated carbocycles.